The molecule has 0 aliphatic heterocycles. The second-order valence-corrected chi connectivity index (χ2v) is 1.10. The van der Waals surface area contributed by atoms with Crippen LogP contribution >= 0.6 is 0 Å². The van der Waals surface area contributed by atoms with Crippen LogP contribution in [0.1, 0.15) is 1.43 Å². The Labute approximate surface area is 67.1 Å². The van der Waals surface area contributed by atoms with Crippen LogP contribution in [0.2, 0.25) is 0 Å². The third-order valence-corrected chi connectivity index (χ3v) is 0.302. The molecule has 7 heavy (non-hydrogen) atoms. The number of hydrogen-bond acceptors (Lipinski definition) is 2. The van der Waals surface area contributed by atoms with E-state index in [4.69, 9.17) is 4.55 Å². The van der Waals surface area contributed by atoms with Gasteiger partial charge in [-0.3, -0.25) is 10.4 Å². The van der Waals surface area contributed by atoms with Gasteiger partial charge in [0, 0.05) is 0 Å². The van der Waals surface area contributed by atoms with Crippen molar-refractivity contribution in [2.45, 2.75) is 0 Å². The molecule has 0 aliphatic rings. The Morgan fingerprint density at radius 2 is 2.00 bits per heavy atom. The first-order valence-electron chi connectivity index (χ1n) is 0.842. The van der Waals surface area contributed by atoms with E-state index >= 15 is 0 Å². The summed E-state index contributed by atoms with van der Waals surface area (Å²) >= 11 is -2.04. The van der Waals surface area contributed by atoms with E-state index in [0.29, 0.717) is 0 Å². The Kier molecular flexibility index (Phi) is 22.6. The summed E-state index contributed by atoms with van der Waals surface area (Å²) in [6.07, 6.45) is 0. The zero-order valence-corrected chi connectivity index (χ0v) is 6.66. The first-order chi connectivity index (χ1) is 2.27. The molecule has 1 atom stereocenters. The van der Waals surface area contributed by atoms with Crippen LogP contribution in [0.15, 0.2) is 0 Å². The summed E-state index contributed by atoms with van der Waals surface area (Å²) in [5.41, 5.74) is 0. The molecule has 0 aromatic heterocycles. The molecule has 0 heterocycles. The molecule has 7 heteroatoms. The van der Waals surface area contributed by atoms with E-state index in [9.17, 15) is 4.21 Å². The van der Waals surface area contributed by atoms with Gasteiger partial charge in [0.2, 0.25) is 11.3 Å². The Balaban J connectivity index is -0.0000000267. The predicted molar refractivity (Wildman–Crippen MR) is 22.8 cm³/mol. The second-order valence-electron chi connectivity index (χ2n) is 0.367. The summed E-state index contributed by atoms with van der Waals surface area (Å²) < 4.78 is 16.8. The van der Waals surface area contributed by atoms with E-state index in [-0.39, 0.29) is 36.5 Å². The average molecular weight is 138 g/mol. The minimum atomic E-state index is -2.04. The molecular formula is H7N2NaO3S. The van der Waals surface area contributed by atoms with Gasteiger partial charge in [-0.25, -0.2) is 4.21 Å². The molecule has 1 unspecified atom stereocenters. The van der Waals surface area contributed by atoms with Crippen molar-refractivity contribution in [1.82, 2.24) is 4.83 Å². The normalized spacial score (nSPS) is 10.6. The zero-order chi connectivity index (χ0) is 4.28. The van der Waals surface area contributed by atoms with Crippen LogP contribution in [0.4, 0.5) is 0 Å². The summed E-state index contributed by atoms with van der Waals surface area (Å²) in [5.74, 6) is 4.37. The van der Waals surface area contributed by atoms with Gasteiger partial charge in [-0.2, -0.15) is 4.83 Å². The van der Waals surface area contributed by atoms with Crippen LogP contribution in [0.3, 0.4) is 0 Å². The molecule has 0 radical (unpaired) electrons. The fourth-order valence-corrected chi connectivity index (χ4v) is 0. The molecule has 5 nitrogen and oxygen atoms in total. The van der Waals surface area contributed by atoms with Crippen molar-refractivity contribution in [1.29, 1.82) is 0 Å². The van der Waals surface area contributed by atoms with Crippen LogP contribution in [0, 0.1) is 0 Å². The van der Waals surface area contributed by atoms with Gasteiger partial charge < -0.3 is 6.90 Å². The van der Waals surface area contributed by atoms with Crippen molar-refractivity contribution in [3.8, 4) is 0 Å². The molecule has 0 bridgehead atoms. The summed E-state index contributed by atoms with van der Waals surface area (Å²) in [6, 6.07) is 0. The maximum Gasteiger partial charge on any atom is 1.00 e. The summed E-state index contributed by atoms with van der Waals surface area (Å²) in [5, 5.41) is 0. The van der Waals surface area contributed by atoms with Crippen LogP contribution in [0.5, 0.6) is 0 Å². The predicted octanol–water partition coefficient (Wildman–Crippen LogP) is -5.12. The average Bonchev–Trinajstić information content (AvgIpc) is 1.38. The molecule has 0 aromatic carbocycles. The van der Waals surface area contributed by atoms with Crippen molar-refractivity contribution >= 4 is 11.3 Å². The molecule has 0 fully saturated rings. The zero-order valence-electron chi connectivity index (χ0n) is 4.84. The van der Waals surface area contributed by atoms with Gasteiger partial charge in [0.1, 0.15) is 0 Å². The molecule has 6 N–H and O–H groups in total. The number of nitrogens with one attached hydrogen (secondary N) is 1. The molecule has 0 rings (SSSR count). The standard InChI is InChI=1S/H4N2O2S.Na.H2O.H/c1-2-5(3)4;;;/h2H,1H2,(H,3,4);;1H2;/q;+1;;-1. The smallest absolute Gasteiger partial charge is 1.00 e. The summed E-state index contributed by atoms with van der Waals surface area (Å²) in [6.45, 7) is 0. The van der Waals surface area contributed by atoms with E-state index in [2.05, 4.69) is 5.84 Å². The molecule has 0 spiro atoms. The van der Waals surface area contributed by atoms with Crippen molar-refractivity contribution in [2.75, 3.05) is 0 Å². The van der Waals surface area contributed by atoms with Crippen LogP contribution < -0.4 is 40.2 Å². The van der Waals surface area contributed by atoms with Crippen molar-refractivity contribution in [2.24, 2.45) is 5.84 Å². The minimum absolute atomic E-state index is 0. The third kappa shape index (κ3) is 19.5. The Hall–Kier alpha value is 0.990. The van der Waals surface area contributed by atoms with E-state index < -0.39 is 11.3 Å². The second kappa shape index (κ2) is 10.1. The SMILES string of the molecule is NNS(=O)O.O.[H-].[Na+]. The molecule has 0 aromatic rings. The van der Waals surface area contributed by atoms with E-state index in [1.165, 1.54) is 0 Å². The maximum absolute atomic E-state index is 9.24. The van der Waals surface area contributed by atoms with E-state index in [0.717, 1.165) is 0 Å². The third-order valence-electron chi connectivity index (χ3n) is 0.101. The number of nitrogens with two attached hydrogens (primary N) is 1. The number of hydrogen-bond donors (Lipinski definition) is 3. The van der Waals surface area contributed by atoms with E-state index in [1.807, 2.05) is 0 Å². The first-order valence-corrected chi connectivity index (χ1v) is 1.95. The van der Waals surface area contributed by atoms with Crippen molar-refractivity contribution < 1.29 is 45.2 Å². The Morgan fingerprint density at radius 1 is 1.86 bits per heavy atom. The summed E-state index contributed by atoms with van der Waals surface area (Å²) in [4.78, 5) is 1.56. The Bertz CT molecular complexity index is 52.5. The van der Waals surface area contributed by atoms with Crippen molar-refractivity contribution in [3.05, 3.63) is 0 Å². The van der Waals surface area contributed by atoms with Gasteiger partial charge in [0.15, 0.2) is 0 Å². The van der Waals surface area contributed by atoms with Gasteiger partial charge >= 0.3 is 29.6 Å². The van der Waals surface area contributed by atoms with Crippen LogP contribution in [0.25, 0.3) is 0 Å². The molecular weight excluding hydrogens is 131 g/mol. The fraction of sp³-hybridized carbons (Fsp3) is 0. The van der Waals surface area contributed by atoms with Crippen LogP contribution in [-0.2, 0) is 11.3 Å². The first kappa shape index (κ1) is 15.7. The molecule has 0 amide bonds. The van der Waals surface area contributed by atoms with Gasteiger partial charge in [0.25, 0.3) is 0 Å². The van der Waals surface area contributed by atoms with Gasteiger partial charge in [-0.05, 0) is 0 Å². The van der Waals surface area contributed by atoms with Crippen LogP contribution in [-0.4, -0.2) is 14.2 Å². The van der Waals surface area contributed by atoms with E-state index in [1.54, 1.807) is 4.83 Å². The molecule has 0 saturated heterocycles. The molecule has 42 valence electrons. The quantitative estimate of drug-likeness (QED) is 0.146. The fourth-order valence-electron chi connectivity index (χ4n) is 0. The summed E-state index contributed by atoms with van der Waals surface area (Å²) in [7, 11) is 0. The monoisotopic (exact) mass is 138 g/mol. The van der Waals surface area contributed by atoms with Gasteiger partial charge in [-0.15, -0.1) is 0 Å². The topological polar surface area (TPSA) is 107 Å². The molecule has 0 saturated carbocycles. The Morgan fingerprint density at radius 3 is 2.00 bits per heavy atom. The van der Waals surface area contributed by atoms with Crippen molar-refractivity contribution in [3.63, 3.8) is 0 Å². The molecule has 0 aliphatic carbocycles. The largest absolute Gasteiger partial charge is 1.00 e. The van der Waals surface area contributed by atoms with Gasteiger partial charge in [-0.1, -0.05) is 0 Å². The maximum atomic E-state index is 9.24. The van der Waals surface area contributed by atoms with Gasteiger partial charge in [0.05, 0.1) is 0 Å². The number of hydrazine groups is 1. The number of rotatable bonds is 1. The minimum Gasteiger partial charge on any atom is -1.00 e.